The summed E-state index contributed by atoms with van der Waals surface area (Å²) in [5.74, 6) is 1.08. The number of methoxy groups -OCH3 is 1. The average Bonchev–Trinajstić information content (AvgIpc) is 2.55. The Kier molecular flexibility index (Phi) is 8.04. The van der Waals surface area contributed by atoms with Crippen molar-refractivity contribution in [3.05, 3.63) is 29.3 Å². The van der Waals surface area contributed by atoms with Crippen LogP contribution in [0.25, 0.3) is 0 Å². The molecule has 5 heteroatoms. The third-order valence-electron chi connectivity index (χ3n) is 5.18. The van der Waals surface area contributed by atoms with Crippen LogP contribution >= 0.6 is 12.4 Å². The minimum absolute atomic E-state index is 0. The van der Waals surface area contributed by atoms with E-state index in [9.17, 15) is 4.79 Å². The molecular weight excluding hydrogens is 324 g/mol. The first-order chi connectivity index (χ1) is 11.0. The number of rotatable bonds is 6. The Morgan fingerprint density at radius 2 is 1.96 bits per heavy atom. The predicted molar refractivity (Wildman–Crippen MR) is 101 cm³/mol. The predicted octanol–water partition coefficient (Wildman–Crippen LogP) is 3.68. The zero-order chi connectivity index (χ0) is 16.9. The highest BCUT2D eigenvalue weighted by molar-refractivity contribution is 5.85. The van der Waals surface area contributed by atoms with E-state index in [2.05, 4.69) is 6.07 Å². The zero-order valence-corrected chi connectivity index (χ0v) is 16.0. The van der Waals surface area contributed by atoms with Gasteiger partial charge in [0.2, 0.25) is 5.91 Å². The molecular formula is C19H31ClN2O2. The molecule has 0 unspecified atom stereocenters. The molecule has 24 heavy (non-hydrogen) atoms. The fourth-order valence-electron chi connectivity index (χ4n) is 3.61. The Morgan fingerprint density at radius 3 is 2.50 bits per heavy atom. The first kappa shape index (κ1) is 20.8. The molecule has 0 heterocycles. The van der Waals surface area contributed by atoms with Crippen molar-refractivity contribution in [3.63, 3.8) is 0 Å². The topological polar surface area (TPSA) is 55.6 Å². The standard InChI is InChI=1S/C19H30N2O2.ClH/c1-15-11-16(7-8-17(15)23-3)13-21(2)18(22)12-19(14-20)9-5-4-6-10-19;/h7-8,11H,4-6,9-10,12-14,20H2,1-3H3;1H. The molecule has 1 aromatic carbocycles. The van der Waals surface area contributed by atoms with Gasteiger partial charge in [-0.2, -0.15) is 0 Å². The lowest BCUT2D eigenvalue weighted by Gasteiger charge is -2.36. The highest BCUT2D eigenvalue weighted by Crippen LogP contribution is 2.38. The number of carbonyl (C=O) groups is 1. The molecule has 2 N–H and O–H groups in total. The third kappa shape index (κ3) is 5.12. The van der Waals surface area contributed by atoms with Crippen molar-refractivity contribution < 1.29 is 9.53 Å². The number of hydrogen-bond donors (Lipinski definition) is 1. The van der Waals surface area contributed by atoms with Gasteiger partial charge in [-0.15, -0.1) is 12.4 Å². The van der Waals surface area contributed by atoms with Crippen molar-refractivity contribution in [2.45, 2.75) is 52.0 Å². The summed E-state index contributed by atoms with van der Waals surface area (Å²) in [5.41, 5.74) is 8.26. The van der Waals surface area contributed by atoms with Gasteiger partial charge >= 0.3 is 0 Å². The highest BCUT2D eigenvalue weighted by Gasteiger charge is 2.33. The number of ether oxygens (including phenoxy) is 1. The monoisotopic (exact) mass is 354 g/mol. The fourth-order valence-corrected chi connectivity index (χ4v) is 3.61. The molecule has 0 saturated heterocycles. The number of nitrogens with zero attached hydrogens (tertiary/aromatic N) is 1. The van der Waals surface area contributed by atoms with Crippen LogP contribution in [0.15, 0.2) is 18.2 Å². The summed E-state index contributed by atoms with van der Waals surface area (Å²) in [6, 6.07) is 6.07. The molecule has 1 aromatic rings. The van der Waals surface area contributed by atoms with Crippen LogP contribution in [0.3, 0.4) is 0 Å². The zero-order valence-electron chi connectivity index (χ0n) is 15.1. The van der Waals surface area contributed by atoms with E-state index in [4.69, 9.17) is 10.5 Å². The maximum absolute atomic E-state index is 12.6. The summed E-state index contributed by atoms with van der Waals surface area (Å²) < 4.78 is 5.29. The second-order valence-electron chi connectivity index (χ2n) is 7.00. The lowest BCUT2D eigenvalue weighted by molar-refractivity contribution is -0.133. The molecule has 0 bridgehead atoms. The first-order valence-electron chi connectivity index (χ1n) is 8.57. The minimum atomic E-state index is 0. The number of aryl methyl sites for hydroxylation is 1. The van der Waals surface area contributed by atoms with Gasteiger partial charge in [0, 0.05) is 20.0 Å². The van der Waals surface area contributed by atoms with Gasteiger partial charge in [0.05, 0.1) is 7.11 Å². The van der Waals surface area contributed by atoms with Gasteiger partial charge in [-0.05, 0) is 48.9 Å². The van der Waals surface area contributed by atoms with E-state index >= 15 is 0 Å². The van der Waals surface area contributed by atoms with Gasteiger partial charge in [-0.1, -0.05) is 31.4 Å². The van der Waals surface area contributed by atoms with Crippen LogP contribution in [0.1, 0.15) is 49.7 Å². The largest absolute Gasteiger partial charge is 0.496 e. The van der Waals surface area contributed by atoms with Crippen molar-refractivity contribution in [1.82, 2.24) is 4.90 Å². The molecule has 1 amide bonds. The lowest BCUT2D eigenvalue weighted by atomic mass is 9.71. The van der Waals surface area contributed by atoms with Gasteiger partial charge < -0.3 is 15.4 Å². The molecule has 136 valence electrons. The van der Waals surface area contributed by atoms with E-state index in [-0.39, 0.29) is 23.7 Å². The summed E-state index contributed by atoms with van der Waals surface area (Å²) in [4.78, 5) is 14.5. The van der Waals surface area contributed by atoms with Crippen molar-refractivity contribution in [2.24, 2.45) is 11.1 Å². The van der Waals surface area contributed by atoms with E-state index in [1.54, 1.807) is 7.11 Å². The van der Waals surface area contributed by atoms with E-state index in [1.807, 2.05) is 31.0 Å². The van der Waals surface area contributed by atoms with Crippen LogP contribution < -0.4 is 10.5 Å². The number of hydrogen-bond acceptors (Lipinski definition) is 3. The maximum Gasteiger partial charge on any atom is 0.223 e. The van der Waals surface area contributed by atoms with E-state index < -0.39 is 0 Å². The highest BCUT2D eigenvalue weighted by atomic mass is 35.5. The Labute approximate surface area is 152 Å². The van der Waals surface area contributed by atoms with E-state index in [0.29, 0.717) is 19.5 Å². The molecule has 0 atom stereocenters. The van der Waals surface area contributed by atoms with Crippen LogP contribution in [0.5, 0.6) is 5.75 Å². The summed E-state index contributed by atoms with van der Waals surface area (Å²) in [6.45, 7) is 3.27. The quantitative estimate of drug-likeness (QED) is 0.847. The Bertz CT molecular complexity index is 542. The van der Waals surface area contributed by atoms with Gasteiger partial charge in [-0.3, -0.25) is 4.79 Å². The number of amides is 1. The first-order valence-corrected chi connectivity index (χ1v) is 8.57. The summed E-state index contributed by atoms with van der Waals surface area (Å²) >= 11 is 0. The molecule has 0 aromatic heterocycles. The van der Waals surface area contributed by atoms with Crippen molar-refractivity contribution in [2.75, 3.05) is 20.7 Å². The van der Waals surface area contributed by atoms with Gasteiger partial charge in [0.25, 0.3) is 0 Å². The van der Waals surface area contributed by atoms with Crippen molar-refractivity contribution in [1.29, 1.82) is 0 Å². The van der Waals surface area contributed by atoms with Crippen molar-refractivity contribution in [3.8, 4) is 5.75 Å². The fraction of sp³-hybridized carbons (Fsp3) is 0.632. The number of carbonyl (C=O) groups excluding carboxylic acids is 1. The summed E-state index contributed by atoms with van der Waals surface area (Å²) in [5, 5.41) is 0. The molecule has 0 aliphatic heterocycles. The SMILES string of the molecule is COc1ccc(CN(C)C(=O)CC2(CN)CCCCC2)cc1C.Cl. The number of halogens is 1. The van der Waals surface area contributed by atoms with Crippen LogP contribution in [0.4, 0.5) is 0 Å². The summed E-state index contributed by atoms with van der Waals surface area (Å²) in [7, 11) is 3.56. The molecule has 0 spiro atoms. The number of benzene rings is 1. The van der Waals surface area contributed by atoms with Crippen LogP contribution in [0, 0.1) is 12.3 Å². The van der Waals surface area contributed by atoms with Crippen LogP contribution in [0.2, 0.25) is 0 Å². The second-order valence-corrected chi connectivity index (χ2v) is 7.00. The molecule has 1 aliphatic carbocycles. The van der Waals surface area contributed by atoms with Crippen LogP contribution in [-0.2, 0) is 11.3 Å². The smallest absolute Gasteiger partial charge is 0.223 e. The Balaban J connectivity index is 0.00000288. The van der Waals surface area contributed by atoms with Crippen molar-refractivity contribution >= 4 is 18.3 Å². The average molecular weight is 355 g/mol. The maximum atomic E-state index is 12.6. The molecule has 2 rings (SSSR count). The van der Waals surface area contributed by atoms with Gasteiger partial charge in [-0.25, -0.2) is 0 Å². The lowest BCUT2D eigenvalue weighted by Crippen LogP contribution is -2.39. The van der Waals surface area contributed by atoms with Gasteiger partial charge in [0.15, 0.2) is 0 Å². The molecule has 1 aliphatic rings. The van der Waals surface area contributed by atoms with E-state index in [1.165, 1.54) is 19.3 Å². The Hall–Kier alpha value is -1.26. The van der Waals surface area contributed by atoms with Gasteiger partial charge in [0.1, 0.15) is 5.75 Å². The molecule has 4 nitrogen and oxygen atoms in total. The van der Waals surface area contributed by atoms with Crippen LogP contribution in [-0.4, -0.2) is 31.5 Å². The normalized spacial score (nSPS) is 16.2. The molecule has 1 saturated carbocycles. The third-order valence-corrected chi connectivity index (χ3v) is 5.18. The Morgan fingerprint density at radius 1 is 1.29 bits per heavy atom. The second kappa shape index (κ2) is 9.28. The molecule has 1 fully saturated rings. The minimum Gasteiger partial charge on any atom is -0.496 e. The van der Waals surface area contributed by atoms with E-state index in [0.717, 1.165) is 29.7 Å². The molecule has 0 radical (unpaired) electrons. The summed E-state index contributed by atoms with van der Waals surface area (Å²) in [6.07, 6.45) is 6.43. The number of nitrogens with two attached hydrogens (primary N) is 1.